The fourth-order valence-electron chi connectivity index (χ4n) is 1.97. The molecule has 5 nitrogen and oxygen atoms in total. The van der Waals surface area contributed by atoms with Gasteiger partial charge in [0.1, 0.15) is 0 Å². The molecule has 1 heterocycles. The number of hydrogen-bond acceptors (Lipinski definition) is 3. The Hall–Kier alpha value is -1.59. The highest BCUT2D eigenvalue weighted by atomic mass is 35.5. The van der Waals surface area contributed by atoms with Crippen molar-refractivity contribution in [3.05, 3.63) is 34.3 Å². The van der Waals surface area contributed by atoms with Crippen molar-refractivity contribution in [2.24, 2.45) is 0 Å². The monoisotopic (exact) mass is 283 g/mol. The van der Waals surface area contributed by atoms with Crippen LogP contribution in [0.25, 0.3) is 0 Å². The molecule has 6 heteroatoms. The molecular formula is C13H14ClNO4. The second kappa shape index (κ2) is 5.59. The number of ether oxygens (including phenoxy) is 1. The molecule has 0 radical (unpaired) electrons. The molecule has 1 N–H and O–H groups in total. The molecule has 1 aliphatic rings. The van der Waals surface area contributed by atoms with Crippen LogP contribution in [-0.4, -0.2) is 47.7 Å². The number of amides is 1. The predicted octanol–water partition coefficient (Wildman–Crippen LogP) is 1.57. The number of carboxylic acid groups (broad SMARTS) is 1. The van der Waals surface area contributed by atoms with E-state index in [1.807, 2.05) is 13.0 Å². The second-order valence-electron chi connectivity index (χ2n) is 4.39. The van der Waals surface area contributed by atoms with Crippen molar-refractivity contribution in [2.75, 3.05) is 19.7 Å². The number of morpholine rings is 1. The van der Waals surface area contributed by atoms with Crippen molar-refractivity contribution in [3.63, 3.8) is 0 Å². The Morgan fingerprint density at radius 3 is 2.89 bits per heavy atom. The van der Waals surface area contributed by atoms with Crippen molar-refractivity contribution < 1.29 is 19.4 Å². The Kier molecular flexibility index (Phi) is 4.07. The number of nitrogens with zero attached hydrogens (tertiary/aromatic N) is 1. The first-order chi connectivity index (χ1) is 9.00. The van der Waals surface area contributed by atoms with E-state index in [9.17, 15) is 9.59 Å². The molecule has 0 bridgehead atoms. The molecule has 1 unspecified atom stereocenters. The topological polar surface area (TPSA) is 66.8 Å². The number of carbonyl (C=O) groups is 2. The first-order valence-corrected chi connectivity index (χ1v) is 6.27. The molecule has 1 saturated heterocycles. The van der Waals surface area contributed by atoms with Gasteiger partial charge >= 0.3 is 5.97 Å². The summed E-state index contributed by atoms with van der Waals surface area (Å²) in [5.74, 6) is -1.32. The Bertz CT molecular complexity index is 517. The minimum Gasteiger partial charge on any atom is -0.479 e. The Morgan fingerprint density at radius 2 is 2.21 bits per heavy atom. The largest absolute Gasteiger partial charge is 0.479 e. The lowest BCUT2D eigenvalue weighted by Gasteiger charge is -2.31. The van der Waals surface area contributed by atoms with Crippen molar-refractivity contribution in [3.8, 4) is 0 Å². The van der Waals surface area contributed by atoms with Crippen LogP contribution < -0.4 is 0 Å². The number of aliphatic carboxylic acids is 1. The SMILES string of the molecule is Cc1cccc(C(=O)N2CCOC(C(=O)O)C2)c1Cl. The average Bonchev–Trinajstić information content (AvgIpc) is 2.41. The summed E-state index contributed by atoms with van der Waals surface area (Å²) in [4.78, 5) is 24.7. The average molecular weight is 284 g/mol. The lowest BCUT2D eigenvalue weighted by molar-refractivity contribution is -0.154. The molecule has 2 rings (SSSR count). The summed E-state index contributed by atoms with van der Waals surface area (Å²) in [5, 5.41) is 9.33. The maximum Gasteiger partial charge on any atom is 0.334 e. The van der Waals surface area contributed by atoms with Crippen molar-refractivity contribution in [1.29, 1.82) is 0 Å². The van der Waals surface area contributed by atoms with Gasteiger partial charge in [-0.25, -0.2) is 4.79 Å². The van der Waals surface area contributed by atoms with Crippen LogP contribution in [0.1, 0.15) is 15.9 Å². The molecule has 0 spiro atoms. The van der Waals surface area contributed by atoms with Crippen LogP contribution in [0.15, 0.2) is 18.2 Å². The van der Waals surface area contributed by atoms with Gasteiger partial charge < -0.3 is 14.7 Å². The zero-order valence-corrected chi connectivity index (χ0v) is 11.2. The number of aryl methyl sites for hydroxylation is 1. The summed E-state index contributed by atoms with van der Waals surface area (Å²) in [7, 11) is 0. The summed E-state index contributed by atoms with van der Waals surface area (Å²) < 4.78 is 5.08. The summed E-state index contributed by atoms with van der Waals surface area (Å²) in [6.45, 7) is 2.44. The van der Waals surface area contributed by atoms with Crippen molar-refractivity contribution in [2.45, 2.75) is 13.0 Å². The van der Waals surface area contributed by atoms with E-state index < -0.39 is 12.1 Å². The molecule has 19 heavy (non-hydrogen) atoms. The minimum atomic E-state index is -1.06. The third kappa shape index (κ3) is 2.88. The smallest absolute Gasteiger partial charge is 0.334 e. The minimum absolute atomic E-state index is 0.0401. The molecule has 102 valence electrons. The van der Waals surface area contributed by atoms with Gasteiger partial charge in [-0.3, -0.25) is 4.79 Å². The highest BCUT2D eigenvalue weighted by Crippen LogP contribution is 2.22. The molecule has 1 amide bonds. The van der Waals surface area contributed by atoms with Gasteiger partial charge in [-0.05, 0) is 18.6 Å². The summed E-state index contributed by atoms with van der Waals surface area (Å²) >= 11 is 6.11. The second-order valence-corrected chi connectivity index (χ2v) is 4.76. The van der Waals surface area contributed by atoms with E-state index in [4.69, 9.17) is 21.4 Å². The van der Waals surface area contributed by atoms with E-state index in [0.29, 0.717) is 17.1 Å². The molecule has 0 saturated carbocycles. The quantitative estimate of drug-likeness (QED) is 0.895. The molecule has 1 fully saturated rings. The normalized spacial score (nSPS) is 19.3. The highest BCUT2D eigenvalue weighted by Gasteiger charge is 2.30. The Morgan fingerprint density at radius 1 is 1.47 bits per heavy atom. The van der Waals surface area contributed by atoms with E-state index in [2.05, 4.69) is 0 Å². The zero-order valence-electron chi connectivity index (χ0n) is 10.4. The highest BCUT2D eigenvalue weighted by molar-refractivity contribution is 6.34. The number of benzene rings is 1. The Balaban J connectivity index is 2.19. The third-order valence-electron chi connectivity index (χ3n) is 3.05. The zero-order chi connectivity index (χ0) is 14.0. The number of carbonyl (C=O) groups excluding carboxylic acids is 1. The van der Waals surface area contributed by atoms with Gasteiger partial charge in [0.2, 0.25) is 0 Å². The summed E-state index contributed by atoms with van der Waals surface area (Å²) in [6.07, 6.45) is -0.971. The third-order valence-corrected chi connectivity index (χ3v) is 3.55. The lowest BCUT2D eigenvalue weighted by atomic mass is 10.1. The van der Waals surface area contributed by atoms with Gasteiger partial charge in [-0.2, -0.15) is 0 Å². The van der Waals surface area contributed by atoms with E-state index in [1.165, 1.54) is 4.90 Å². The number of hydrogen-bond donors (Lipinski definition) is 1. The maximum absolute atomic E-state index is 12.3. The molecule has 0 aromatic heterocycles. The van der Waals surface area contributed by atoms with Gasteiger partial charge in [0.15, 0.2) is 6.10 Å². The summed E-state index contributed by atoms with van der Waals surface area (Å²) in [5.41, 5.74) is 1.21. The standard InChI is InChI=1S/C13H14ClNO4/c1-8-3-2-4-9(11(8)14)12(16)15-5-6-19-10(7-15)13(17)18/h2-4,10H,5-7H2,1H3,(H,17,18). The van der Waals surface area contributed by atoms with Crippen LogP contribution in [0.5, 0.6) is 0 Å². The fraction of sp³-hybridized carbons (Fsp3) is 0.385. The van der Waals surface area contributed by atoms with Crippen LogP contribution in [0.3, 0.4) is 0 Å². The number of rotatable bonds is 2. The Labute approximate surface area is 115 Å². The van der Waals surface area contributed by atoms with Crippen LogP contribution in [-0.2, 0) is 9.53 Å². The van der Waals surface area contributed by atoms with Gasteiger partial charge in [0.05, 0.1) is 23.7 Å². The van der Waals surface area contributed by atoms with E-state index >= 15 is 0 Å². The first kappa shape index (κ1) is 13.8. The predicted molar refractivity (Wildman–Crippen MR) is 69.5 cm³/mol. The van der Waals surface area contributed by atoms with Crippen LogP contribution >= 0.6 is 11.6 Å². The molecule has 1 aliphatic heterocycles. The van der Waals surface area contributed by atoms with E-state index in [0.717, 1.165) is 5.56 Å². The first-order valence-electron chi connectivity index (χ1n) is 5.89. The molecule has 1 aromatic rings. The van der Waals surface area contributed by atoms with E-state index in [1.54, 1.807) is 12.1 Å². The number of halogens is 1. The van der Waals surface area contributed by atoms with Crippen molar-refractivity contribution in [1.82, 2.24) is 4.90 Å². The van der Waals surface area contributed by atoms with Gasteiger partial charge in [-0.1, -0.05) is 23.7 Å². The van der Waals surface area contributed by atoms with E-state index in [-0.39, 0.29) is 19.1 Å². The fourth-order valence-corrected chi connectivity index (χ4v) is 2.17. The summed E-state index contributed by atoms with van der Waals surface area (Å²) in [6, 6.07) is 5.21. The molecular weight excluding hydrogens is 270 g/mol. The molecule has 1 atom stereocenters. The molecule has 0 aliphatic carbocycles. The van der Waals surface area contributed by atoms with Crippen LogP contribution in [0.4, 0.5) is 0 Å². The maximum atomic E-state index is 12.3. The number of carboxylic acids is 1. The van der Waals surface area contributed by atoms with Gasteiger partial charge in [0, 0.05) is 6.54 Å². The van der Waals surface area contributed by atoms with Crippen molar-refractivity contribution >= 4 is 23.5 Å². The van der Waals surface area contributed by atoms with Crippen LogP contribution in [0.2, 0.25) is 5.02 Å². The lowest BCUT2D eigenvalue weighted by Crippen LogP contribution is -2.48. The van der Waals surface area contributed by atoms with Gasteiger partial charge in [0.25, 0.3) is 5.91 Å². The van der Waals surface area contributed by atoms with Gasteiger partial charge in [-0.15, -0.1) is 0 Å². The van der Waals surface area contributed by atoms with Crippen LogP contribution in [0, 0.1) is 6.92 Å². The molecule has 1 aromatic carbocycles.